The van der Waals surface area contributed by atoms with Gasteiger partial charge in [-0.1, -0.05) is 0 Å². The van der Waals surface area contributed by atoms with Gasteiger partial charge in [-0.3, -0.25) is 4.79 Å². The molecule has 7 heteroatoms. The van der Waals surface area contributed by atoms with E-state index in [0.29, 0.717) is 29.4 Å². The number of carbonyl (C=O) groups excluding carboxylic acids is 2. The van der Waals surface area contributed by atoms with Gasteiger partial charge in [-0.15, -0.1) is 0 Å². The molecule has 0 aliphatic rings. The SMILES string of the molecule is CCOC(=O)c1ccc(NC(=O)c2cnc(N(CC)CC)nc2)cc1. The maximum Gasteiger partial charge on any atom is 0.338 e. The van der Waals surface area contributed by atoms with Crippen molar-refractivity contribution in [2.24, 2.45) is 0 Å². The van der Waals surface area contributed by atoms with E-state index in [2.05, 4.69) is 15.3 Å². The van der Waals surface area contributed by atoms with Crippen molar-refractivity contribution in [3.63, 3.8) is 0 Å². The summed E-state index contributed by atoms with van der Waals surface area (Å²) in [5.74, 6) is -0.101. The van der Waals surface area contributed by atoms with Crippen LogP contribution in [0.1, 0.15) is 41.5 Å². The summed E-state index contributed by atoms with van der Waals surface area (Å²) in [7, 11) is 0. The Morgan fingerprint density at radius 2 is 1.60 bits per heavy atom. The van der Waals surface area contributed by atoms with Crippen LogP contribution in [-0.4, -0.2) is 41.5 Å². The highest BCUT2D eigenvalue weighted by molar-refractivity contribution is 6.04. The van der Waals surface area contributed by atoms with Crippen LogP contribution < -0.4 is 10.2 Å². The molecule has 0 radical (unpaired) electrons. The van der Waals surface area contributed by atoms with E-state index in [9.17, 15) is 9.59 Å². The molecule has 0 fully saturated rings. The number of nitrogens with one attached hydrogen (secondary N) is 1. The Morgan fingerprint density at radius 3 is 2.12 bits per heavy atom. The van der Waals surface area contributed by atoms with E-state index in [1.54, 1.807) is 31.2 Å². The van der Waals surface area contributed by atoms with Crippen LogP contribution in [-0.2, 0) is 4.74 Å². The molecule has 132 valence electrons. The molecular weight excluding hydrogens is 320 g/mol. The van der Waals surface area contributed by atoms with Crippen molar-refractivity contribution >= 4 is 23.5 Å². The van der Waals surface area contributed by atoms with Gasteiger partial charge in [0.2, 0.25) is 5.95 Å². The Morgan fingerprint density at radius 1 is 1.00 bits per heavy atom. The first-order chi connectivity index (χ1) is 12.1. The fourth-order valence-electron chi connectivity index (χ4n) is 2.22. The van der Waals surface area contributed by atoms with E-state index in [1.165, 1.54) is 12.4 Å². The van der Waals surface area contributed by atoms with E-state index >= 15 is 0 Å². The number of esters is 1. The predicted molar refractivity (Wildman–Crippen MR) is 95.9 cm³/mol. The summed E-state index contributed by atoms with van der Waals surface area (Å²) in [5.41, 5.74) is 1.38. The van der Waals surface area contributed by atoms with Gasteiger partial charge in [-0.25, -0.2) is 14.8 Å². The molecule has 0 bridgehead atoms. The molecule has 0 aliphatic carbocycles. The molecule has 1 heterocycles. The predicted octanol–water partition coefficient (Wildman–Crippen LogP) is 2.75. The summed E-state index contributed by atoms with van der Waals surface area (Å²) >= 11 is 0. The third-order valence-electron chi connectivity index (χ3n) is 3.60. The fraction of sp³-hybridized carbons (Fsp3) is 0.333. The maximum absolute atomic E-state index is 12.3. The van der Waals surface area contributed by atoms with Gasteiger partial charge in [0.1, 0.15) is 0 Å². The third kappa shape index (κ3) is 4.76. The lowest BCUT2D eigenvalue weighted by Gasteiger charge is -2.18. The largest absolute Gasteiger partial charge is 0.462 e. The van der Waals surface area contributed by atoms with Crippen LogP contribution in [0.15, 0.2) is 36.7 Å². The minimum absolute atomic E-state index is 0.310. The summed E-state index contributed by atoms with van der Waals surface area (Å²) in [5, 5.41) is 2.75. The second-order valence-corrected chi connectivity index (χ2v) is 5.20. The molecule has 0 unspecified atom stereocenters. The highest BCUT2D eigenvalue weighted by atomic mass is 16.5. The zero-order valence-electron chi connectivity index (χ0n) is 14.7. The summed E-state index contributed by atoms with van der Waals surface area (Å²) < 4.78 is 4.92. The van der Waals surface area contributed by atoms with Gasteiger partial charge in [-0.05, 0) is 45.0 Å². The van der Waals surface area contributed by atoms with Gasteiger partial charge < -0.3 is 15.0 Å². The summed E-state index contributed by atoms with van der Waals surface area (Å²) in [6.07, 6.45) is 3.01. The number of amides is 1. The summed E-state index contributed by atoms with van der Waals surface area (Å²) in [4.78, 5) is 34.3. The van der Waals surface area contributed by atoms with Crippen LogP contribution in [0.4, 0.5) is 11.6 Å². The molecule has 7 nitrogen and oxygen atoms in total. The van der Waals surface area contributed by atoms with Gasteiger partial charge in [0.25, 0.3) is 5.91 Å². The molecule has 2 aromatic rings. The fourth-order valence-corrected chi connectivity index (χ4v) is 2.22. The van der Waals surface area contributed by atoms with Gasteiger partial charge in [0, 0.05) is 31.2 Å². The number of rotatable bonds is 7. The topological polar surface area (TPSA) is 84.4 Å². The average molecular weight is 342 g/mol. The monoisotopic (exact) mass is 342 g/mol. The first-order valence-electron chi connectivity index (χ1n) is 8.24. The zero-order valence-corrected chi connectivity index (χ0v) is 14.7. The molecule has 0 saturated carbocycles. The molecule has 1 amide bonds. The van der Waals surface area contributed by atoms with Gasteiger partial charge >= 0.3 is 5.97 Å². The summed E-state index contributed by atoms with van der Waals surface area (Å²) in [6.45, 7) is 7.71. The first-order valence-corrected chi connectivity index (χ1v) is 8.24. The Hall–Kier alpha value is -2.96. The van der Waals surface area contributed by atoms with Crippen molar-refractivity contribution in [1.82, 2.24) is 9.97 Å². The zero-order chi connectivity index (χ0) is 18.2. The van der Waals surface area contributed by atoms with Crippen molar-refractivity contribution in [3.05, 3.63) is 47.8 Å². The smallest absolute Gasteiger partial charge is 0.338 e. The molecule has 1 aromatic heterocycles. The third-order valence-corrected chi connectivity index (χ3v) is 3.60. The van der Waals surface area contributed by atoms with Crippen molar-refractivity contribution in [1.29, 1.82) is 0 Å². The highest BCUT2D eigenvalue weighted by Gasteiger charge is 2.11. The minimum Gasteiger partial charge on any atom is -0.462 e. The lowest BCUT2D eigenvalue weighted by molar-refractivity contribution is 0.0526. The molecular formula is C18H22N4O3. The van der Waals surface area contributed by atoms with Crippen molar-refractivity contribution < 1.29 is 14.3 Å². The lowest BCUT2D eigenvalue weighted by Crippen LogP contribution is -2.24. The molecule has 25 heavy (non-hydrogen) atoms. The van der Waals surface area contributed by atoms with Crippen LogP contribution in [0.2, 0.25) is 0 Å². The lowest BCUT2D eigenvalue weighted by atomic mass is 10.2. The molecule has 2 rings (SSSR count). The number of hydrogen-bond acceptors (Lipinski definition) is 6. The Kier molecular flexibility index (Phi) is 6.45. The number of aromatic nitrogens is 2. The number of benzene rings is 1. The second-order valence-electron chi connectivity index (χ2n) is 5.20. The molecule has 0 saturated heterocycles. The number of hydrogen-bond donors (Lipinski definition) is 1. The quantitative estimate of drug-likeness (QED) is 0.779. The minimum atomic E-state index is -0.388. The maximum atomic E-state index is 12.3. The van der Waals surface area contributed by atoms with Crippen LogP contribution >= 0.6 is 0 Å². The van der Waals surface area contributed by atoms with Gasteiger partial charge in [0.05, 0.1) is 17.7 Å². The molecule has 1 N–H and O–H groups in total. The van der Waals surface area contributed by atoms with Gasteiger partial charge in [-0.2, -0.15) is 0 Å². The normalized spacial score (nSPS) is 10.2. The van der Waals surface area contributed by atoms with Crippen LogP contribution in [0.5, 0.6) is 0 Å². The van der Waals surface area contributed by atoms with E-state index in [4.69, 9.17) is 4.74 Å². The summed E-state index contributed by atoms with van der Waals surface area (Å²) in [6, 6.07) is 6.51. The Bertz CT molecular complexity index is 710. The molecule has 0 spiro atoms. The van der Waals surface area contributed by atoms with Crippen molar-refractivity contribution in [2.75, 3.05) is 29.9 Å². The van der Waals surface area contributed by atoms with E-state index in [0.717, 1.165) is 13.1 Å². The van der Waals surface area contributed by atoms with E-state index < -0.39 is 0 Å². The van der Waals surface area contributed by atoms with Crippen molar-refractivity contribution in [2.45, 2.75) is 20.8 Å². The first kappa shape index (κ1) is 18.4. The standard InChI is InChI=1S/C18H22N4O3/c1-4-22(5-2)18-19-11-14(12-20-18)16(23)21-15-9-7-13(8-10-15)17(24)25-6-3/h7-12H,4-6H2,1-3H3,(H,21,23). The van der Waals surface area contributed by atoms with Crippen LogP contribution in [0.25, 0.3) is 0 Å². The number of nitrogens with zero attached hydrogens (tertiary/aromatic N) is 3. The van der Waals surface area contributed by atoms with E-state index in [-0.39, 0.29) is 11.9 Å². The molecule has 1 aromatic carbocycles. The molecule has 0 aliphatic heterocycles. The molecule has 0 atom stereocenters. The van der Waals surface area contributed by atoms with Gasteiger partial charge in [0.15, 0.2) is 0 Å². The second kappa shape index (κ2) is 8.77. The number of ether oxygens (including phenoxy) is 1. The average Bonchev–Trinajstić information content (AvgIpc) is 2.64. The van der Waals surface area contributed by atoms with Crippen LogP contribution in [0, 0.1) is 0 Å². The Labute approximate surface area is 147 Å². The number of carbonyl (C=O) groups is 2. The van der Waals surface area contributed by atoms with Crippen LogP contribution in [0.3, 0.4) is 0 Å². The van der Waals surface area contributed by atoms with Crippen molar-refractivity contribution in [3.8, 4) is 0 Å². The number of anilines is 2. The highest BCUT2D eigenvalue weighted by Crippen LogP contribution is 2.13. The van der Waals surface area contributed by atoms with E-state index in [1.807, 2.05) is 18.7 Å². The Balaban J connectivity index is 2.03.